The number of likely N-dealkylation sites (tertiary alicyclic amines) is 1. The van der Waals surface area contributed by atoms with Gasteiger partial charge >= 0.3 is 6.09 Å². The molecule has 0 bridgehead atoms. The lowest BCUT2D eigenvalue weighted by molar-refractivity contribution is 0.0235. The van der Waals surface area contributed by atoms with Gasteiger partial charge in [-0.25, -0.2) is 4.79 Å². The molecule has 1 fully saturated rings. The summed E-state index contributed by atoms with van der Waals surface area (Å²) in [6, 6.07) is 4.58. The summed E-state index contributed by atoms with van der Waals surface area (Å²) in [7, 11) is 0. The molecule has 128 valence electrons. The van der Waals surface area contributed by atoms with Crippen molar-refractivity contribution >= 4 is 11.8 Å². The van der Waals surface area contributed by atoms with Gasteiger partial charge in [-0.2, -0.15) is 0 Å². The highest BCUT2D eigenvalue weighted by Gasteiger charge is 2.32. The van der Waals surface area contributed by atoms with E-state index in [1.807, 2.05) is 25.7 Å². The Hall–Kier alpha value is -1.71. The summed E-state index contributed by atoms with van der Waals surface area (Å²) in [5.41, 5.74) is 4.53. The van der Waals surface area contributed by atoms with Gasteiger partial charge in [0.1, 0.15) is 5.60 Å². The molecule has 0 saturated carbocycles. The molecule has 1 aromatic rings. The Morgan fingerprint density at radius 2 is 1.87 bits per heavy atom. The number of hydrogen-bond acceptors (Lipinski definition) is 3. The molecule has 1 N–H and O–H groups in total. The third kappa shape index (κ3) is 4.63. The fourth-order valence-corrected chi connectivity index (χ4v) is 3.29. The Morgan fingerprint density at radius 3 is 2.43 bits per heavy atom. The highest BCUT2D eigenvalue weighted by atomic mass is 16.6. The van der Waals surface area contributed by atoms with Gasteiger partial charge in [-0.3, -0.25) is 0 Å². The molecule has 1 aliphatic heterocycles. The van der Waals surface area contributed by atoms with Crippen LogP contribution in [0.4, 0.5) is 10.5 Å². The molecule has 1 unspecified atom stereocenters. The van der Waals surface area contributed by atoms with E-state index in [1.54, 1.807) is 0 Å². The van der Waals surface area contributed by atoms with Crippen molar-refractivity contribution in [2.45, 2.75) is 66.0 Å². The van der Waals surface area contributed by atoms with Gasteiger partial charge in [0, 0.05) is 18.8 Å². The molecule has 0 aliphatic carbocycles. The van der Waals surface area contributed by atoms with Crippen molar-refractivity contribution in [2.75, 3.05) is 18.4 Å². The first kappa shape index (κ1) is 17.6. The second-order valence-corrected chi connectivity index (χ2v) is 7.62. The van der Waals surface area contributed by atoms with E-state index in [1.165, 1.54) is 22.4 Å². The maximum atomic E-state index is 12.3. The predicted molar refractivity (Wildman–Crippen MR) is 95.1 cm³/mol. The third-order valence-electron chi connectivity index (χ3n) is 4.20. The normalized spacial score (nSPS) is 18.2. The van der Waals surface area contributed by atoms with Crippen molar-refractivity contribution in [2.24, 2.45) is 0 Å². The monoisotopic (exact) mass is 318 g/mol. The van der Waals surface area contributed by atoms with Crippen LogP contribution in [-0.4, -0.2) is 35.7 Å². The zero-order valence-corrected chi connectivity index (χ0v) is 15.3. The highest BCUT2D eigenvalue weighted by Crippen LogP contribution is 2.25. The van der Waals surface area contributed by atoms with Gasteiger partial charge in [0.2, 0.25) is 0 Å². The van der Waals surface area contributed by atoms with Gasteiger partial charge in [0.15, 0.2) is 0 Å². The van der Waals surface area contributed by atoms with Crippen LogP contribution in [-0.2, 0) is 4.74 Å². The molecule has 2 rings (SSSR count). The molecule has 1 aromatic carbocycles. The Kier molecular flexibility index (Phi) is 5.23. The number of carbonyl (C=O) groups is 1. The summed E-state index contributed by atoms with van der Waals surface area (Å²) in [5, 5.41) is 3.55. The highest BCUT2D eigenvalue weighted by molar-refractivity contribution is 5.69. The average molecular weight is 318 g/mol. The van der Waals surface area contributed by atoms with E-state index in [9.17, 15) is 4.79 Å². The van der Waals surface area contributed by atoms with Crippen molar-refractivity contribution in [1.82, 2.24) is 4.90 Å². The molecular formula is C19H30N2O2. The molecule has 1 amide bonds. The van der Waals surface area contributed by atoms with E-state index in [-0.39, 0.29) is 12.1 Å². The van der Waals surface area contributed by atoms with Crippen molar-refractivity contribution in [3.8, 4) is 0 Å². The number of aryl methyl sites for hydroxylation is 3. The van der Waals surface area contributed by atoms with Crippen LogP contribution in [0, 0.1) is 20.8 Å². The first-order valence-electron chi connectivity index (χ1n) is 8.49. The van der Waals surface area contributed by atoms with Crippen LogP contribution in [0.25, 0.3) is 0 Å². The minimum atomic E-state index is -0.443. The summed E-state index contributed by atoms with van der Waals surface area (Å²) in [5.74, 6) is 0. The molecule has 23 heavy (non-hydrogen) atoms. The van der Waals surface area contributed by atoms with Crippen LogP contribution >= 0.6 is 0 Å². The predicted octanol–water partition coefficient (Wildman–Crippen LogP) is 4.42. The summed E-state index contributed by atoms with van der Waals surface area (Å²) in [6.45, 7) is 13.7. The quantitative estimate of drug-likeness (QED) is 0.897. The largest absolute Gasteiger partial charge is 0.444 e. The Morgan fingerprint density at radius 1 is 1.26 bits per heavy atom. The number of nitrogens with one attached hydrogen (secondary N) is 1. The molecule has 0 radical (unpaired) electrons. The zero-order chi connectivity index (χ0) is 17.2. The number of anilines is 1. The van der Waals surface area contributed by atoms with Crippen molar-refractivity contribution < 1.29 is 9.53 Å². The summed E-state index contributed by atoms with van der Waals surface area (Å²) < 4.78 is 5.53. The maximum absolute atomic E-state index is 12.3. The number of benzene rings is 1. The van der Waals surface area contributed by atoms with E-state index in [0.29, 0.717) is 0 Å². The number of rotatable bonds is 3. The minimum Gasteiger partial charge on any atom is -0.444 e. The van der Waals surface area contributed by atoms with Gasteiger partial charge in [-0.05, 0) is 65.5 Å². The number of amides is 1. The number of ether oxygens (including phenoxy) is 1. The summed E-state index contributed by atoms with van der Waals surface area (Å²) in [4.78, 5) is 14.2. The smallest absolute Gasteiger partial charge is 0.410 e. The van der Waals surface area contributed by atoms with E-state index in [0.717, 1.165) is 25.9 Å². The average Bonchev–Trinajstić information content (AvgIpc) is 2.83. The fraction of sp³-hybridized carbons (Fsp3) is 0.632. The van der Waals surface area contributed by atoms with Crippen LogP contribution in [0.2, 0.25) is 0 Å². The van der Waals surface area contributed by atoms with E-state index in [2.05, 4.69) is 38.2 Å². The second kappa shape index (κ2) is 6.81. The second-order valence-electron chi connectivity index (χ2n) is 7.62. The molecule has 4 heteroatoms. The SMILES string of the molecule is Cc1cc(C)c(NCC2CCCN2C(=O)OC(C)(C)C)c(C)c1. The topological polar surface area (TPSA) is 41.6 Å². The Balaban J connectivity index is 2.01. The van der Waals surface area contributed by atoms with Crippen LogP contribution in [0.5, 0.6) is 0 Å². The Labute approximate surface area is 140 Å². The molecule has 1 saturated heterocycles. The molecular weight excluding hydrogens is 288 g/mol. The maximum Gasteiger partial charge on any atom is 0.410 e. The lowest BCUT2D eigenvalue weighted by atomic mass is 10.0. The molecule has 1 aliphatic rings. The lowest BCUT2D eigenvalue weighted by Gasteiger charge is -2.29. The molecule has 1 heterocycles. The van der Waals surface area contributed by atoms with Crippen LogP contribution < -0.4 is 5.32 Å². The molecule has 1 atom stereocenters. The number of carbonyl (C=O) groups excluding carboxylic acids is 1. The standard InChI is InChI=1S/C19H30N2O2/c1-13-10-14(2)17(15(3)11-13)20-12-16-8-7-9-21(16)18(22)23-19(4,5)6/h10-11,16,20H,7-9,12H2,1-6H3. The van der Waals surface area contributed by atoms with Gasteiger partial charge in [0.05, 0.1) is 6.04 Å². The van der Waals surface area contributed by atoms with Gasteiger partial charge in [0.25, 0.3) is 0 Å². The fourth-order valence-electron chi connectivity index (χ4n) is 3.29. The minimum absolute atomic E-state index is 0.195. The number of nitrogens with zero attached hydrogens (tertiary/aromatic N) is 1. The molecule has 0 spiro atoms. The van der Waals surface area contributed by atoms with E-state index in [4.69, 9.17) is 4.74 Å². The first-order chi connectivity index (χ1) is 10.7. The zero-order valence-electron chi connectivity index (χ0n) is 15.3. The van der Waals surface area contributed by atoms with E-state index >= 15 is 0 Å². The molecule has 0 aromatic heterocycles. The van der Waals surface area contributed by atoms with Gasteiger partial charge in [-0.1, -0.05) is 17.7 Å². The number of hydrogen-bond donors (Lipinski definition) is 1. The van der Waals surface area contributed by atoms with Gasteiger partial charge < -0.3 is 15.0 Å². The van der Waals surface area contributed by atoms with Crippen molar-refractivity contribution in [1.29, 1.82) is 0 Å². The Bertz CT molecular complexity index is 552. The van der Waals surface area contributed by atoms with E-state index < -0.39 is 5.60 Å². The first-order valence-corrected chi connectivity index (χ1v) is 8.49. The molecule has 4 nitrogen and oxygen atoms in total. The van der Waals surface area contributed by atoms with Crippen molar-refractivity contribution in [3.05, 3.63) is 28.8 Å². The van der Waals surface area contributed by atoms with Crippen LogP contribution in [0.1, 0.15) is 50.3 Å². The lowest BCUT2D eigenvalue weighted by Crippen LogP contribution is -2.42. The third-order valence-corrected chi connectivity index (χ3v) is 4.20. The van der Waals surface area contributed by atoms with Crippen LogP contribution in [0.15, 0.2) is 12.1 Å². The van der Waals surface area contributed by atoms with Crippen LogP contribution in [0.3, 0.4) is 0 Å². The summed E-state index contributed by atoms with van der Waals surface area (Å²) in [6.07, 6.45) is 1.87. The van der Waals surface area contributed by atoms with Gasteiger partial charge in [-0.15, -0.1) is 0 Å². The summed E-state index contributed by atoms with van der Waals surface area (Å²) >= 11 is 0. The van der Waals surface area contributed by atoms with Crippen molar-refractivity contribution in [3.63, 3.8) is 0 Å².